The summed E-state index contributed by atoms with van der Waals surface area (Å²) in [4.78, 5) is 17.2. The van der Waals surface area contributed by atoms with Crippen molar-refractivity contribution in [2.75, 3.05) is 5.32 Å². The maximum Gasteiger partial charge on any atom is 0.274 e. The molecular formula is C18H18ClN3O. The van der Waals surface area contributed by atoms with Gasteiger partial charge in [0.1, 0.15) is 11.3 Å². The van der Waals surface area contributed by atoms with Crippen molar-refractivity contribution in [3.05, 3.63) is 64.6 Å². The largest absolute Gasteiger partial charge is 0.321 e. The van der Waals surface area contributed by atoms with Crippen LogP contribution in [0.1, 0.15) is 35.6 Å². The van der Waals surface area contributed by atoms with Gasteiger partial charge in [0.15, 0.2) is 0 Å². The van der Waals surface area contributed by atoms with Crippen LogP contribution in [0.15, 0.2) is 42.6 Å². The highest BCUT2D eigenvalue weighted by Crippen LogP contribution is 2.19. The molecule has 0 spiro atoms. The molecule has 0 atom stereocenters. The molecule has 0 saturated carbocycles. The molecule has 4 nitrogen and oxygen atoms in total. The lowest BCUT2D eigenvalue weighted by atomic mass is 10.1. The van der Waals surface area contributed by atoms with Gasteiger partial charge in [-0.3, -0.25) is 9.20 Å². The molecule has 23 heavy (non-hydrogen) atoms. The maximum atomic E-state index is 12.7. The fourth-order valence-corrected chi connectivity index (χ4v) is 2.73. The number of aromatic nitrogens is 2. The average molecular weight is 328 g/mol. The van der Waals surface area contributed by atoms with Crippen molar-refractivity contribution in [1.82, 2.24) is 9.38 Å². The van der Waals surface area contributed by atoms with Crippen LogP contribution in [-0.4, -0.2) is 15.3 Å². The summed E-state index contributed by atoms with van der Waals surface area (Å²) >= 11 is 6.06. The van der Waals surface area contributed by atoms with Crippen molar-refractivity contribution < 1.29 is 4.79 Å². The van der Waals surface area contributed by atoms with Crippen LogP contribution >= 0.6 is 11.6 Å². The Kier molecular flexibility index (Phi) is 4.35. The zero-order valence-corrected chi connectivity index (χ0v) is 13.9. The molecule has 1 amide bonds. The van der Waals surface area contributed by atoms with Gasteiger partial charge in [0.25, 0.3) is 5.91 Å². The summed E-state index contributed by atoms with van der Waals surface area (Å²) < 4.78 is 1.75. The van der Waals surface area contributed by atoms with Crippen LogP contribution in [-0.2, 0) is 12.8 Å². The minimum atomic E-state index is -0.180. The molecule has 0 aliphatic carbocycles. The van der Waals surface area contributed by atoms with Gasteiger partial charge in [0.05, 0.1) is 10.7 Å². The SMILES string of the molecule is CCc1ccc(NC(=O)c2c(CC)nc3ccc(Cl)cn23)cc1. The summed E-state index contributed by atoms with van der Waals surface area (Å²) in [5.41, 5.74) is 4.02. The predicted octanol–water partition coefficient (Wildman–Crippen LogP) is 4.36. The third kappa shape index (κ3) is 3.08. The quantitative estimate of drug-likeness (QED) is 0.773. The number of hydrogen-bond acceptors (Lipinski definition) is 2. The summed E-state index contributed by atoms with van der Waals surface area (Å²) in [6, 6.07) is 11.4. The normalized spacial score (nSPS) is 10.9. The first kappa shape index (κ1) is 15.6. The molecular weight excluding hydrogens is 310 g/mol. The molecule has 3 aromatic rings. The fourth-order valence-electron chi connectivity index (χ4n) is 2.57. The van der Waals surface area contributed by atoms with E-state index in [1.807, 2.05) is 37.3 Å². The molecule has 3 rings (SSSR count). The number of halogens is 1. The Morgan fingerprint density at radius 2 is 1.87 bits per heavy atom. The van der Waals surface area contributed by atoms with Gasteiger partial charge in [-0.2, -0.15) is 0 Å². The third-order valence-corrected chi connectivity index (χ3v) is 4.05. The van der Waals surface area contributed by atoms with Crippen LogP contribution in [0.2, 0.25) is 5.02 Å². The summed E-state index contributed by atoms with van der Waals surface area (Å²) in [5.74, 6) is -0.180. The number of benzene rings is 1. The second-order valence-electron chi connectivity index (χ2n) is 5.34. The zero-order chi connectivity index (χ0) is 16.4. The zero-order valence-electron chi connectivity index (χ0n) is 13.1. The van der Waals surface area contributed by atoms with E-state index in [2.05, 4.69) is 17.2 Å². The molecule has 2 heterocycles. The van der Waals surface area contributed by atoms with E-state index < -0.39 is 0 Å². The molecule has 0 fully saturated rings. The predicted molar refractivity (Wildman–Crippen MR) is 93.4 cm³/mol. The van der Waals surface area contributed by atoms with Gasteiger partial charge < -0.3 is 5.32 Å². The van der Waals surface area contributed by atoms with Gasteiger partial charge in [0.2, 0.25) is 0 Å². The first-order valence-corrected chi connectivity index (χ1v) is 8.07. The molecule has 0 radical (unpaired) electrons. The molecule has 0 aliphatic rings. The van der Waals surface area contributed by atoms with Crippen LogP contribution in [0.3, 0.4) is 0 Å². The number of carbonyl (C=O) groups excluding carboxylic acids is 1. The van der Waals surface area contributed by atoms with Crippen LogP contribution in [0.25, 0.3) is 5.65 Å². The van der Waals surface area contributed by atoms with E-state index in [1.165, 1.54) is 5.56 Å². The summed E-state index contributed by atoms with van der Waals surface area (Å²) in [6.45, 7) is 4.08. The highest BCUT2D eigenvalue weighted by atomic mass is 35.5. The maximum absolute atomic E-state index is 12.7. The van der Waals surface area contributed by atoms with Crippen LogP contribution in [0.5, 0.6) is 0 Å². The topological polar surface area (TPSA) is 46.4 Å². The number of carbonyl (C=O) groups is 1. The average Bonchev–Trinajstić information content (AvgIpc) is 2.93. The Balaban J connectivity index is 1.97. The van der Waals surface area contributed by atoms with Gasteiger partial charge in [0, 0.05) is 11.9 Å². The first-order chi connectivity index (χ1) is 11.1. The van der Waals surface area contributed by atoms with E-state index in [0.717, 1.165) is 23.4 Å². The van der Waals surface area contributed by atoms with Crippen molar-refractivity contribution in [2.45, 2.75) is 26.7 Å². The van der Waals surface area contributed by atoms with Crippen molar-refractivity contribution in [3.63, 3.8) is 0 Å². The van der Waals surface area contributed by atoms with E-state index in [0.29, 0.717) is 17.1 Å². The molecule has 5 heteroatoms. The lowest BCUT2D eigenvalue weighted by molar-refractivity contribution is 0.102. The van der Waals surface area contributed by atoms with E-state index >= 15 is 0 Å². The monoisotopic (exact) mass is 327 g/mol. The molecule has 1 N–H and O–H groups in total. The van der Waals surface area contributed by atoms with Gasteiger partial charge >= 0.3 is 0 Å². The number of anilines is 1. The fraction of sp³-hybridized carbons (Fsp3) is 0.222. The second kappa shape index (κ2) is 6.42. The third-order valence-electron chi connectivity index (χ3n) is 3.82. The van der Waals surface area contributed by atoms with E-state index in [9.17, 15) is 4.79 Å². The number of nitrogens with one attached hydrogen (secondary N) is 1. The van der Waals surface area contributed by atoms with Crippen molar-refractivity contribution in [1.29, 1.82) is 0 Å². The van der Waals surface area contributed by atoms with Gasteiger partial charge in [-0.25, -0.2) is 4.98 Å². The van der Waals surface area contributed by atoms with E-state index in [-0.39, 0.29) is 5.91 Å². The lowest BCUT2D eigenvalue weighted by Crippen LogP contribution is -2.16. The minimum absolute atomic E-state index is 0.180. The van der Waals surface area contributed by atoms with E-state index in [1.54, 1.807) is 16.7 Å². The number of fused-ring (bicyclic) bond motifs is 1. The van der Waals surface area contributed by atoms with Gasteiger partial charge in [-0.15, -0.1) is 0 Å². The molecule has 2 aromatic heterocycles. The highest BCUT2D eigenvalue weighted by molar-refractivity contribution is 6.30. The minimum Gasteiger partial charge on any atom is -0.321 e. The Labute approximate surface area is 140 Å². The van der Waals surface area contributed by atoms with E-state index in [4.69, 9.17) is 11.6 Å². The summed E-state index contributed by atoms with van der Waals surface area (Å²) in [7, 11) is 0. The Morgan fingerprint density at radius 3 is 2.52 bits per heavy atom. The molecule has 0 unspecified atom stereocenters. The Bertz CT molecular complexity index is 853. The lowest BCUT2D eigenvalue weighted by Gasteiger charge is -2.07. The van der Waals surface area contributed by atoms with Crippen LogP contribution < -0.4 is 5.32 Å². The summed E-state index contributed by atoms with van der Waals surface area (Å²) in [6.07, 6.45) is 3.37. The van der Waals surface area contributed by atoms with Crippen LogP contribution in [0, 0.1) is 0 Å². The van der Waals surface area contributed by atoms with Crippen LogP contribution in [0.4, 0.5) is 5.69 Å². The molecule has 1 aromatic carbocycles. The van der Waals surface area contributed by atoms with Crippen molar-refractivity contribution >= 4 is 28.8 Å². The molecule has 118 valence electrons. The standard InChI is InChI=1S/C18H18ClN3O/c1-3-12-5-8-14(9-6-12)20-18(23)17-15(4-2)21-16-10-7-13(19)11-22(16)17/h5-11H,3-4H2,1-2H3,(H,20,23). The number of amides is 1. The number of nitrogens with zero attached hydrogens (tertiary/aromatic N) is 2. The number of imidazole rings is 1. The van der Waals surface area contributed by atoms with Crippen molar-refractivity contribution in [3.8, 4) is 0 Å². The molecule has 0 aliphatic heterocycles. The van der Waals surface area contributed by atoms with Crippen molar-refractivity contribution in [2.24, 2.45) is 0 Å². The Hall–Kier alpha value is -2.33. The Morgan fingerprint density at radius 1 is 1.13 bits per heavy atom. The summed E-state index contributed by atoms with van der Waals surface area (Å²) in [5, 5.41) is 3.51. The van der Waals surface area contributed by atoms with Gasteiger partial charge in [-0.05, 0) is 42.7 Å². The number of rotatable bonds is 4. The second-order valence-corrected chi connectivity index (χ2v) is 5.78. The van der Waals surface area contributed by atoms with Gasteiger partial charge in [-0.1, -0.05) is 37.6 Å². The number of aryl methyl sites for hydroxylation is 2. The number of hydrogen-bond donors (Lipinski definition) is 1. The molecule has 0 saturated heterocycles. The smallest absolute Gasteiger partial charge is 0.274 e. The highest BCUT2D eigenvalue weighted by Gasteiger charge is 2.18. The first-order valence-electron chi connectivity index (χ1n) is 7.69. The molecule has 0 bridgehead atoms. The number of pyridine rings is 1.